The average molecular weight is 557 g/mol. The van der Waals surface area contributed by atoms with Crippen molar-refractivity contribution in [3.63, 3.8) is 0 Å². The van der Waals surface area contributed by atoms with E-state index in [0.29, 0.717) is 24.0 Å². The molecule has 4 heterocycles. The quantitative estimate of drug-likeness (QED) is 0.274. The molecule has 7 nitrogen and oxygen atoms in total. The summed E-state index contributed by atoms with van der Waals surface area (Å²) in [6, 6.07) is 12.2. The van der Waals surface area contributed by atoms with E-state index in [0.717, 1.165) is 59.4 Å². The highest BCUT2D eigenvalue weighted by molar-refractivity contribution is 6.35. The second-order valence-corrected chi connectivity index (χ2v) is 10.8. The van der Waals surface area contributed by atoms with Crippen molar-refractivity contribution in [2.45, 2.75) is 51.7 Å². The Balaban J connectivity index is 1.22. The van der Waals surface area contributed by atoms with Gasteiger partial charge in [0, 0.05) is 60.2 Å². The van der Waals surface area contributed by atoms with Crippen molar-refractivity contribution in [1.82, 2.24) is 20.1 Å². The molecule has 198 valence electrons. The first-order valence-corrected chi connectivity index (χ1v) is 13.4. The van der Waals surface area contributed by atoms with Gasteiger partial charge in [-0.3, -0.25) is 5.10 Å². The molecule has 0 aliphatic carbocycles. The Hall–Kier alpha value is -2.91. The number of hydrogen-bond acceptors (Lipinski definition) is 6. The summed E-state index contributed by atoms with van der Waals surface area (Å²) in [5.74, 6) is 0.105. The van der Waals surface area contributed by atoms with Crippen LogP contribution in [0.5, 0.6) is 11.5 Å². The Kier molecular flexibility index (Phi) is 6.68. The van der Waals surface area contributed by atoms with Crippen LogP contribution in [0.2, 0.25) is 10.0 Å². The minimum Gasteiger partial charge on any atom is -0.489 e. The lowest BCUT2D eigenvalue weighted by Crippen LogP contribution is -2.52. The number of nitrogens with one attached hydrogen (secondary N) is 1. The molecule has 2 aromatic heterocycles. The van der Waals surface area contributed by atoms with Gasteiger partial charge >= 0.3 is 0 Å². The Morgan fingerprint density at radius 3 is 2.76 bits per heavy atom. The molecule has 6 rings (SSSR count). The van der Waals surface area contributed by atoms with Crippen LogP contribution in [0.25, 0.3) is 22.2 Å². The first-order valence-electron chi connectivity index (χ1n) is 12.6. The number of H-pyrrole nitrogens is 1. The van der Waals surface area contributed by atoms with Crippen LogP contribution < -0.4 is 9.47 Å². The van der Waals surface area contributed by atoms with Crippen LogP contribution >= 0.6 is 23.2 Å². The number of pyridine rings is 1. The summed E-state index contributed by atoms with van der Waals surface area (Å²) in [5, 5.41) is 8.62. The van der Waals surface area contributed by atoms with Crippen LogP contribution in [-0.4, -0.2) is 45.0 Å². The minimum atomic E-state index is -0.783. The van der Waals surface area contributed by atoms with Crippen molar-refractivity contribution >= 4 is 34.1 Å². The third-order valence-corrected chi connectivity index (χ3v) is 8.06. The van der Waals surface area contributed by atoms with Crippen LogP contribution in [0.15, 0.2) is 42.6 Å². The number of piperidine rings is 1. The molecule has 4 aromatic rings. The average Bonchev–Trinajstić information content (AvgIpc) is 3.34. The maximum atomic E-state index is 13.8. The van der Waals surface area contributed by atoms with Crippen LogP contribution in [0, 0.1) is 5.95 Å². The second kappa shape index (κ2) is 10.0. The third kappa shape index (κ3) is 4.71. The number of benzene rings is 2. The predicted octanol–water partition coefficient (Wildman–Crippen LogP) is 6.76. The van der Waals surface area contributed by atoms with Gasteiger partial charge in [0.1, 0.15) is 28.8 Å². The van der Waals surface area contributed by atoms with Crippen molar-refractivity contribution in [2.75, 3.05) is 13.1 Å². The fraction of sp³-hybridized carbons (Fsp3) is 0.357. The van der Waals surface area contributed by atoms with Gasteiger partial charge in [-0.2, -0.15) is 9.49 Å². The van der Waals surface area contributed by atoms with Gasteiger partial charge in [-0.15, -0.1) is 0 Å². The van der Waals surface area contributed by atoms with Crippen molar-refractivity contribution < 1.29 is 18.6 Å². The fourth-order valence-corrected chi connectivity index (χ4v) is 5.53. The normalized spacial score (nSPS) is 17.1. The summed E-state index contributed by atoms with van der Waals surface area (Å²) in [4.78, 5) is 5.97. The number of halogens is 3. The molecule has 1 N–H and O–H groups in total. The van der Waals surface area contributed by atoms with Gasteiger partial charge in [-0.05, 0) is 50.2 Å². The zero-order valence-electron chi connectivity index (χ0n) is 21.1. The van der Waals surface area contributed by atoms with Gasteiger partial charge in [0.15, 0.2) is 0 Å². The molecular formula is C28H27Cl2FN4O3. The Labute approximate surface area is 229 Å². The molecular weight excluding hydrogens is 530 g/mol. The van der Waals surface area contributed by atoms with Gasteiger partial charge in [0.2, 0.25) is 11.7 Å². The molecule has 2 aliphatic rings. The van der Waals surface area contributed by atoms with Crippen molar-refractivity contribution in [1.29, 1.82) is 0 Å². The fourth-order valence-electron chi connectivity index (χ4n) is 5.07. The summed E-state index contributed by atoms with van der Waals surface area (Å²) in [6.45, 7) is 6.86. The van der Waals surface area contributed by atoms with E-state index in [1.807, 2.05) is 30.3 Å². The van der Waals surface area contributed by atoms with Gasteiger partial charge in [0.05, 0.1) is 17.1 Å². The first-order chi connectivity index (χ1) is 18.3. The van der Waals surface area contributed by atoms with Gasteiger partial charge < -0.3 is 19.1 Å². The molecule has 1 spiro atoms. The monoisotopic (exact) mass is 556 g/mol. The maximum absolute atomic E-state index is 13.8. The number of ether oxygens (including phenoxy) is 3. The summed E-state index contributed by atoms with van der Waals surface area (Å²) in [6.07, 6.45) is 2.92. The highest BCUT2D eigenvalue weighted by Gasteiger charge is 2.41. The van der Waals surface area contributed by atoms with E-state index in [-0.39, 0.29) is 16.7 Å². The molecule has 38 heavy (non-hydrogen) atoms. The van der Waals surface area contributed by atoms with E-state index in [9.17, 15) is 4.39 Å². The van der Waals surface area contributed by atoms with Crippen LogP contribution in [0.3, 0.4) is 0 Å². The molecule has 1 saturated heterocycles. The molecule has 2 aromatic carbocycles. The summed E-state index contributed by atoms with van der Waals surface area (Å²) in [7, 11) is 0. The lowest BCUT2D eigenvalue weighted by molar-refractivity contribution is -0.229. The highest BCUT2D eigenvalue weighted by atomic mass is 35.5. The molecule has 0 saturated carbocycles. The number of rotatable bonds is 5. The number of nitrogens with zero attached hydrogens (tertiary/aromatic N) is 3. The summed E-state index contributed by atoms with van der Waals surface area (Å²) in [5.41, 5.74) is 3.92. The van der Waals surface area contributed by atoms with Gasteiger partial charge in [0.25, 0.3) is 0 Å². The molecule has 0 amide bonds. The zero-order valence-corrected chi connectivity index (χ0v) is 22.6. The Bertz CT molecular complexity index is 1500. The van der Waals surface area contributed by atoms with Crippen LogP contribution in [-0.2, 0) is 18.0 Å². The van der Waals surface area contributed by atoms with E-state index in [1.54, 1.807) is 0 Å². The van der Waals surface area contributed by atoms with Crippen LogP contribution in [0.4, 0.5) is 4.39 Å². The largest absolute Gasteiger partial charge is 0.489 e. The molecule has 0 bridgehead atoms. The van der Waals surface area contributed by atoms with Crippen molar-refractivity contribution in [3.05, 3.63) is 69.7 Å². The number of aromatic nitrogens is 3. The van der Waals surface area contributed by atoms with E-state index in [1.165, 1.54) is 6.20 Å². The molecule has 10 heteroatoms. The van der Waals surface area contributed by atoms with Crippen molar-refractivity contribution in [3.8, 4) is 22.8 Å². The van der Waals surface area contributed by atoms with E-state index in [4.69, 9.17) is 37.4 Å². The molecule has 2 aliphatic heterocycles. The van der Waals surface area contributed by atoms with E-state index < -0.39 is 11.7 Å². The Morgan fingerprint density at radius 2 is 1.97 bits per heavy atom. The smallest absolute Gasteiger partial charge is 0.232 e. The summed E-state index contributed by atoms with van der Waals surface area (Å²) < 4.78 is 32.4. The second-order valence-electron chi connectivity index (χ2n) is 10.0. The zero-order chi connectivity index (χ0) is 26.4. The minimum absolute atomic E-state index is 0.000000720. The van der Waals surface area contributed by atoms with Crippen LogP contribution in [0.1, 0.15) is 37.8 Å². The summed E-state index contributed by atoms with van der Waals surface area (Å²) >= 11 is 12.2. The molecule has 0 radical (unpaired) electrons. The van der Waals surface area contributed by atoms with Crippen molar-refractivity contribution in [2.24, 2.45) is 0 Å². The first kappa shape index (κ1) is 25.4. The molecule has 0 unspecified atom stereocenters. The van der Waals surface area contributed by atoms with Gasteiger partial charge in [-0.1, -0.05) is 23.2 Å². The Morgan fingerprint density at radius 1 is 1.16 bits per heavy atom. The topological polar surface area (TPSA) is 72.5 Å². The van der Waals surface area contributed by atoms with E-state index >= 15 is 0 Å². The van der Waals surface area contributed by atoms with Gasteiger partial charge in [-0.25, -0.2) is 4.98 Å². The highest BCUT2D eigenvalue weighted by Crippen LogP contribution is 2.40. The number of aromatic amines is 1. The third-order valence-electron chi connectivity index (χ3n) is 7.35. The number of hydrogen-bond donors (Lipinski definition) is 1. The lowest BCUT2D eigenvalue weighted by atomic mass is 9.99. The lowest BCUT2D eigenvalue weighted by Gasteiger charge is -2.45. The van der Waals surface area contributed by atoms with E-state index in [2.05, 4.69) is 40.0 Å². The number of likely N-dealkylation sites (tertiary alicyclic amines) is 1. The number of fused-ring (bicyclic) bond motifs is 2. The molecule has 1 fully saturated rings. The molecule has 0 atom stereocenters. The SMILES string of the molecule is CC(C)N1CCC2(CC1)OCc1cc(-c3n[nH]c4ccc(OCc5c(Cl)cnc(F)c5Cl)cc34)ccc1O2. The standard InChI is InChI=1S/C28H27Cl2FN4O3/c1-16(2)35-9-7-28(8-10-35)37-14-18-11-17(3-6-24(18)38-28)26-20-12-19(4-5-23(20)33-34-26)36-15-21-22(29)13-32-27(31)25(21)30/h3-6,11-13,16H,7-10,14-15H2,1-2H3,(H,33,34). The predicted molar refractivity (Wildman–Crippen MR) is 144 cm³/mol. The maximum Gasteiger partial charge on any atom is 0.232 e.